The first-order chi connectivity index (χ1) is 18.4. The molecule has 1 N–H and O–H groups in total. The van der Waals surface area contributed by atoms with E-state index in [9.17, 15) is 18.0 Å². The van der Waals surface area contributed by atoms with E-state index in [1.54, 1.807) is 61.5 Å². The molecule has 0 aromatic heterocycles. The standard InChI is InChI=1S/C30H36ClN3O4S/c1-6-23(4)32-30(36)24(5)33(19-25-11-7-8-13-28(25)31)29(35)20-34(26-12-9-10-22(3)18-26)39(37,38)27-16-14-21(2)15-17-27/h7-18,23-24H,6,19-20H2,1-5H3,(H,32,36)/t23-,24-/m0/s1. The highest BCUT2D eigenvalue weighted by atomic mass is 35.5. The van der Waals surface area contributed by atoms with Crippen LogP contribution in [-0.2, 0) is 26.2 Å². The number of benzene rings is 3. The van der Waals surface area contributed by atoms with Crippen molar-refractivity contribution < 1.29 is 18.0 Å². The molecule has 3 aromatic rings. The van der Waals surface area contributed by atoms with Crippen LogP contribution in [0, 0.1) is 13.8 Å². The molecule has 208 valence electrons. The second-order valence-electron chi connectivity index (χ2n) is 9.77. The van der Waals surface area contributed by atoms with Crippen LogP contribution in [0.25, 0.3) is 0 Å². The van der Waals surface area contributed by atoms with E-state index in [4.69, 9.17) is 11.6 Å². The van der Waals surface area contributed by atoms with Crippen molar-refractivity contribution in [3.05, 3.63) is 94.5 Å². The number of hydrogen-bond acceptors (Lipinski definition) is 4. The summed E-state index contributed by atoms with van der Waals surface area (Å²) in [6.07, 6.45) is 0.729. The summed E-state index contributed by atoms with van der Waals surface area (Å²) in [6.45, 7) is 8.75. The fourth-order valence-corrected chi connectivity index (χ4v) is 5.61. The number of amides is 2. The van der Waals surface area contributed by atoms with Gasteiger partial charge in [0.1, 0.15) is 12.6 Å². The van der Waals surface area contributed by atoms with Crippen LogP contribution in [-0.4, -0.2) is 43.8 Å². The Balaban J connectivity index is 2.04. The van der Waals surface area contributed by atoms with Crippen LogP contribution in [0.2, 0.25) is 5.02 Å². The zero-order valence-electron chi connectivity index (χ0n) is 23.0. The molecule has 0 saturated carbocycles. The van der Waals surface area contributed by atoms with Gasteiger partial charge >= 0.3 is 0 Å². The molecule has 3 aromatic carbocycles. The first kappa shape index (κ1) is 30.2. The minimum atomic E-state index is -4.11. The molecule has 0 fully saturated rings. The van der Waals surface area contributed by atoms with Gasteiger partial charge in [-0.05, 0) is 75.6 Å². The number of nitrogens with one attached hydrogen (secondary N) is 1. The molecule has 0 radical (unpaired) electrons. The largest absolute Gasteiger partial charge is 0.352 e. The predicted octanol–water partition coefficient (Wildman–Crippen LogP) is 5.48. The summed E-state index contributed by atoms with van der Waals surface area (Å²) in [5.74, 6) is -0.854. The summed E-state index contributed by atoms with van der Waals surface area (Å²) >= 11 is 6.40. The van der Waals surface area contributed by atoms with Gasteiger partial charge in [0.2, 0.25) is 11.8 Å². The molecule has 0 aliphatic rings. The summed E-state index contributed by atoms with van der Waals surface area (Å²) in [4.78, 5) is 28.5. The smallest absolute Gasteiger partial charge is 0.264 e. The van der Waals surface area contributed by atoms with Crippen molar-refractivity contribution in [1.29, 1.82) is 0 Å². The van der Waals surface area contributed by atoms with Gasteiger partial charge < -0.3 is 10.2 Å². The molecule has 0 saturated heterocycles. The number of anilines is 1. The van der Waals surface area contributed by atoms with Crippen molar-refractivity contribution in [1.82, 2.24) is 10.2 Å². The fourth-order valence-electron chi connectivity index (χ4n) is 4.01. The van der Waals surface area contributed by atoms with Gasteiger partial charge in [0.15, 0.2) is 0 Å². The van der Waals surface area contributed by atoms with Crippen molar-refractivity contribution in [2.24, 2.45) is 0 Å². The maximum absolute atomic E-state index is 14.0. The van der Waals surface area contributed by atoms with Crippen LogP contribution < -0.4 is 9.62 Å². The first-order valence-corrected chi connectivity index (χ1v) is 14.7. The lowest BCUT2D eigenvalue weighted by Crippen LogP contribution is -2.52. The molecular weight excluding hydrogens is 534 g/mol. The van der Waals surface area contributed by atoms with Gasteiger partial charge in [-0.15, -0.1) is 0 Å². The Kier molecular flexibility index (Phi) is 10.2. The van der Waals surface area contributed by atoms with Crippen molar-refractivity contribution in [2.45, 2.75) is 64.6 Å². The molecule has 0 unspecified atom stereocenters. The van der Waals surface area contributed by atoms with Gasteiger partial charge in [-0.1, -0.05) is 66.6 Å². The summed E-state index contributed by atoms with van der Waals surface area (Å²) in [5, 5.41) is 3.37. The van der Waals surface area contributed by atoms with E-state index in [0.29, 0.717) is 16.3 Å². The van der Waals surface area contributed by atoms with E-state index in [2.05, 4.69) is 5.32 Å². The highest BCUT2D eigenvalue weighted by Crippen LogP contribution is 2.26. The molecule has 0 aliphatic carbocycles. The van der Waals surface area contributed by atoms with Crippen LogP contribution in [0.3, 0.4) is 0 Å². The normalized spacial score (nSPS) is 12.9. The highest BCUT2D eigenvalue weighted by Gasteiger charge is 2.33. The van der Waals surface area contributed by atoms with E-state index in [-0.39, 0.29) is 23.4 Å². The average Bonchev–Trinajstić information content (AvgIpc) is 2.90. The summed E-state index contributed by atoms with van der Waals surface area (Å²) < 4.78 is 28.8. The Morgan fingerprint density at radius 2 is 1.59 bits per heavy atom. The van der Waals surface area contributed by atoms with Gasteiger partial charge in [0.05, 0.1) is 10.6 Å². The van der Waals surface area contributed by atoms with Gasteiger partial charge in [0.25, 0.3) is 10.0 Å². The molecule has 0 aliphatic heterocycles. The van der Waals surface area contributed by atoms with E-state index < -0.39 is 28.5 Å². The Labute approximate surface area is 236 Å². The SMILES string of the molecule is CC[C@H](C)NC(=O)[C@H](C)N(Cc1ccccc1Cl)C(=O)CN(c1cccc(C)c1)S(=O)(=O)c1ccc(C)cc1. The number of hydrogen-bond donors (Lipinski definition) is 1. The highest BCUT2D eigenvalue weighted by molar-refractivity contribution is 7.92. The third kappa shape index (κ3) is 7.61. The van der Waals surface area contributed by atoms with Crippen LogP contribution in [0.5, 0.6) is 0 Å². The zero-order chi connectivity index (χ0) is 28.7. The summed E-state index contributed by atoms with van der Waals surface area (Å²) in [5.41, 5.74) is 2.77. The Morgan fingerprint density at radius 1 is 0.923 bits per heavy atom. The Hall–Kier alpha value is -3.36. The maximum atomic E-state index is 14.0. The lowest BCUT2D eigenvalue weighted by atomic mass is 10.1. The van der Waals surface area contributed by atoms with E-state index in [1.165, 1.54) is 17.0 Å². The maximum Gasteiger partial charge on any atom is 0.264 e. The number of halogens is 1. The van der Waals surface area contributed by atoms with Crippen molar-refractivity contribution in [3.63, 3.8) is 0 Å². The minimum Gasteiger partial charge on any atom is -0.352 e. The van der Waals surface area contributed by atoms with Gasteiger partial charge in [-0.3, -0.25) is 13.9 Å². The van der Waals surface area contributed by atoms with Crippen LogP contribution in [0.4, 0.5) is 5.69 Å². The molecule has 39 heavy (non-hydrogen) atoms. The summed E-state index contributed by atoms with van der Waals surface area (Å²) in [7, 11) is -4.11. The number of rotatable bonds is 11. The molecule has 7 nitrogen and oxygen atoms in total. The van der Waals surface area contributed by atoms with E-state index in [1.807, 2.05) is 33.8 Å². The average molecular weight is 570 g/mol. The predicted molar refractivity (Wildman–Crippen MR) is 156 cm³/mol. The molecule has 0 bridgehead atoms. The zero-order valence-corrected chi connectivity index (χ0v) is 24.6. The van der Waals surface area contributed by atoms with Crippen molar-refractivity contribution in [3.8, 4) is 0 Å². The molecule has 3 rings (SSSR count). The Bertz CT molecular complexity index is 1410. The first-order valence-electron chi connectivity index (χ1n) is 12.9. The second-order valence-corrected chi connectivity index (χ2v) is 12.0. The number of carbonyl (C=O) groups excluding carboxylic acids is 2. The number of carbonyl (C=O) groups is 2. The quantitative estimate of drug-likeness (QED) is 0.331. The van der Waals surface area contributed by atoms with Crippen LogP contribution >= 0.6 is 11.6 Å². The molecule has 2 amide bonds. The van der Waals surface area contributed by atoms with Crippen LogP contribution in [0.15, 0.2) is 77.7 Å². The summed E-state index contributed by atoms with van der Waals surface area (Å²) in [6, 6.07) is 19.6. The van der Waals surface area contributed by atoms with Crippen molar-refractivity contribution >= 4 is 39.1 Å². The van der Waals surface area contributed by atoms with Crippen molar-refractivity contribution in [2.75, 3.05) is 10.8 Å². The molecule has 0 heterocycles. The lowest BCUT2D eigenvalue weighted by molar-refractivity contribution is -0.139. The topological polar surface area (TPSA) is 86.8 Å². The van der Waals surface area contributed by atoms with Gasteiger partial charge in [0, 0.05) is 17.6 Å². The lowest BCUT2D eigenvalue weighted by Gasteiger charge is -2.32. The van der Waals surface area contributed by atoms with Gasteiger partial charge in [-0.25, -0.2) is 8.42 Å². The molecule has 2 atom stereocenters. The van der Waals surface area contributed by atoms with E-state index in [0.717, 1.165) is 21.9 Å². The molecular formula is C30H36ClN3O4S. The number of sulfonamides is 1. The third-order valence-corrected chi connectivity index (χ3v) is 8.80. The Morgan fingerprint density at radius 3 is 2.21 bits per heavy atom. The third-order valence-electron chi connectivity index (χ3n) is 6.64. The second kappa shape index (κ2) is 13.1. The van der Waals surface area contributed by atoms with E-state index >= 15 is 0 Å². The minimum absolute atomic E-state index is 0.0415. The monoisotopic (exact) mass is 569 g/mol. The fraction of sp³-hybridized carbons (Fsp3) is 0.333. The van der Waals surface area contributed by atoms with Gasteiger partial charge in [-0.2, -0.15) is 0 Å². The molecule has 0 spiro atoms. The number of aryl methyl sites for hydroxylation is 2. The van der Waals surface area contributed by atoms with Crippen LogP contribution in [0.1, 0.15) is 43.9 Å². The number of nitrogens with zero attached hydrogens (tertiary/aromatic N) is 2. The molecule has 9 heteroatoms.